The zero-order valence-corrected chi connectivity index (χ0v) is 11.3. The van der Waals surface area contributed by atoms with Crippen molar-refractivity contribution in [3.05, 3.63) is 0 Å². The van der Waals surface area contributed by atoms with Gasteiger partial charge in [-0.15, -0.1) is 0 Å². The molecule has 0 aromatic rings. The molecule has 0 spiro atoms. The minimum Gasteiger partial charge on any atom is -0.435 e. The monoisotopic (exact) mass is 398 g/mol. The molecular weight excluding hydrogens is 386 g/mol. The van der Waals surface area contributed by atoms with Crippen molar-refractivity contribution in [3.63, 3.8) is 0 Å². The van der Waals surface area contributed by atoms with Crippen molar-refractivity contribution in [2.24, 2.45) is 5.73 Å². The highest BCUT2D eigenvalue weighted by atomic mass is 127. The first-order valence-electron chi connectivity index (χ1n) is 3.32. The Balaban J connectivity index is 3.76. The van der Waals surface area contributed by atoms with Crippen LogP contribution in [0.1, 0.15) is 0 Å². The number of alkyl halides is 2. The summed E-state index contributed by atoms with van der Waals surface area (Å²) in [5.74, 6) is 0. The van der Waals surface area contributed by atoms with Crippen molar-refractivity contribution in [2.45, 2.75) is 8.04 Å². The van der Waals surface area contributed by atoms with Crippen LogP contribution < -0.4 is 5.73 Å². The molecule has 1 amide bonds. The molecule has 72 valence electrons. The van der Waals surface area contributed by atoms with Gasteiger partial charge in [-0.25, -0.2) is 4.79 Å². The predicted molar refractivity (Wildman–Crippen MR) is 64.8 cm³/mol. The van der Waals surface area contributed by atoms with E-state index in [0.717, 1.165) is 6.54 Å². The smallest absolute Gasteiger partial charge is 0.405 e. The van der Waals surface area contributed by atoms with Crippen LogP contribution in [0.3, 0.4) is 0 Å². The van der Waals surface area contributed by atoms with Crippen LogP contribution >= 0.6 is 45.2 Å². The fourth-order valence-corrected chi connectivity index (χ4v) is 2.03. The maximum atomic E-state index is 10.4. The standard InChI is InChI=1S/C6H12I2N2O2/c1-10(2)3-4(7)5(8)12-6(9)11/h4-5H,3H2,1-2H3,(H2,9,11). The molecule has 2 N–H and O–H groups in total. The van der Waals surface area contributed by atoms with E-state index in [4.69, 9.17) is 10.5 Å². The number of primary amides is 1. The molecule has 0 saturated heterocycles. The summed E-state index contributed by atoms with van der Waals surface area (Å²) >= 11 is 4.29. The number of hydrogen-bond acceptors (Lipinski definition) is 3. The third-order valence-electron chi connectivity index (χ3n) is 1.05. The number of nitrogens with two attached hydrogens (primary N) is 1. The Morgan fingerprint density at radius 2 is 2.08 bits per heavy atom. The van der Waals surface area contributed by atoms with Gasteiger partial charge in [0.05, 0.1) is 3.92 Å². The molecule has 0 fully saturated rings. The molecular formula is C6H12I2N2O2. The molecule has 0 aliphatic rings. The van der Waals surface area contributed by atoms with Gasteiger partial charge in [0.25, 0.3) is 0 Å². The maximum absolute atomic E-state index is 10.4. The third kappa shape index (κ3) is 6.23. The van der Waals surface area contributed by atoms with Gasteiger partial charge in [0, 0.05) is 6.54 Å². The molecule has 0 aromatic heterocycles. The van der Waals surface area contributed by atoms with E-state index >= 15 is 0 Å². The van der Waals surface area contributed by atoms with E-state index in [1.807, 2.05) is 19.0 Å². The van der Waals surface area contributed by atoms with E-state index in [2.05, 4.69) is 45.2 Å². The second kappa shape index (κ2) is 6.19. The van der Waals surface area contributed by atoms with Crippen LogP contribution in [0.5, 0.6) is 0 Å². The zero-order valence-electron chi connectivity index (χ0n) is 6.96. The summed E-state index contributed by atoms with van der Waals surface area (Å²) in [5.41, 5.74) is 4.88. The highest BCUT2D eigenvalue weighted by molar-refractivity contribution is 14.1. The van der Waals surface area contributed by atoms with Gasteiger partial charge in [0.15, 0.2) is 4.11 Å². The molecule has 0 bridgehead atoms. The quantitative estimate of drug-likeness (QED) is 0.573. The average molecular weight is 398 g/mol. The lowest BCUT2D eigenvalue weighted by Crippen LogP contribution is -2.32. The number of carbonyl (C=O) groups excluding carboxylic acids is 1. The van der Waals surface area contributed by atoms with Gasteiger partial charge in [-0.3, -0.25) is 0 Å². The first-order chi connectivity index (χ1) is 5.43. The second-order valence-electron chi connectivity index (χ2n) is 2.57. The molecule has 0 aliphatic heterocycles. The Hall–Kier alpha value is 0.690. The topological polar surface area (TPSA) is 55.6 Å². The van der Waals surface area contributed by atoms with E-state index in [0.29, 0.717) is 0 Å². The van der Waals surface area contributed by atoms with E-state index < -0.39 is 6.09 Å². The average Bonchev–Trinajstić information content (AvgIpc) is 1.84. The minimum absolute atomic E-state index is 0.164. The lowest BCUT2D eigenvalue weighted by Gasteiger charge is -2.19. The normalized spacial score (nSPS) is 15.8. The molecule has 6 heteroatoms. The summed E-state index contributed by atoms with van der Waals surface area (Å²) in [6.07, 6.45) is -0.713. The van der Waals surface area contributed by atoms with Gasteiger partial charge in [-0.1, -0.05) is 22.6 Å². The summed E-state index contributed by atoms with van der Waals surface area (Å²) in [6, 6.07) is 0. The molecule has 0 heterocycles. The molecule has 0 saturated carbocycles. The lowest BCUT2D eigenvalue weighted by atomic mass is 10.4. The molecule has 0 rings (SSSR count). The summed E-state index contributed by atoms with van der Waals surface area (Å²) in [6.45, 7) is 0.863. The number of hydrogen-bond donors (Lipinski definition) is 1. The Morgan fingerprint density at radius 1 is 1.58 bits per heavy atom. The molecule has 2 unspecified atom stereocenters. The Labute approximate surface area is 99.5 Å². The number of amides is 1. The molecule has 2 atom stereocenters. The molecule has 12 heavy (non-hydrogen) atoms. The molecule has 4 nitrogen and oxygen atoms in total. The summed E-state index contributed by atoms with van der Waals surface area (Å²) < 4.78 is 4.90. The first kappa shape index (κ1) is 12.7. The Morgan fingerprint density at radius 3 is 2.42 bits per heavy atom. The minimum atomic E-state index is -0.713. The van der Waals surface area contributed by atoms with Gasteiger partial charge in [-0.05, 0) is 36.7 Å². The van der Waals surface area contributed by atoms with Crippen molar-refractivity contribution < 1.29 is 9.53 Å². The van der Waals surface area contributed by atoms with Crippen LogP contribution in [0.15, 0.2) is 0 Å². The molecule has 0 aliphatic carbocycles. The van der Waals surface area contributed by atoms with Crippen molar-refractivity contribution in [2.75, 3.05) is 20.6 Å². The predicted octanol–water partition coefficient (Wildman–Crippen LogP) is 1.21. The number of ether oxygens (including phenoxy) is 1. The number of rotatable bonds is 4. The van der Waals surface area contributed by atoms with Gasteiger partial charge < -0.3 is 15.4 Å². The van der Waals surface area contributed by atoms with Crippen LogP contribution in [0.2, 0.25) is 0 Å². The lowest BCUT2D eigenvalue weighted by molar-refractivity contribution is 0.148. The van der Waals surface area contributed by atoms with Crippen molar-refractivity contribution in [1.29, 1.82) is 0 Å². The van der Waals surface area contributed by atoms with Crippen molar-refractivity contribution in [3.8, 4) is 0 Å². The first-order valence-corrected chi connectivity index (χ1v) is 5.81. The van der Waals surface area contributed by atoms with Crippen LogP contribution in [0.25, 0.3) is 0 Å². The Bertz CT molecular complexity index is 154. The molecule has 0 aromatic carbocycles. The van der Waals surface area contributed by atoms with Crippen LogP contribution in [0, 0.1) is 0 Å². The third-order valence-corrected chi connectivity index (χ3v) is 4.60. The summed E-state index contributed by atoms with van der Waals surface area (Å²) in [7, 11) is 3.94. The SMILES string of the molecule is CN(C)CC(I)C(I)OC(N)=O. The highest BCUT2D eigenvalue weighted by Gasteiger charge is 2.18. The van der Waals surface area contributed by atoms with Gasteiger partial charge in [0.2, 0.25) is 0 Å². The summed E-state index contributed by atoms with van der Waals surface area (Å²) in [5, 5.41) is 0. The van der Waals surface area contributed by atoms with Gasteiger partial charge >= 0.3 is 6.09 Å². The van der Waals surface area contributed by atoms with Gasteiger partial charge in [-0.2, -0.15) is 0 Å². The van der Waals surface area contributed by atoms with E-state index in [9.17, 15) is 4.79 Å². The van der Waals surface area contributed by atoms with Gasteiger partial charge in [0.1, 0.15) is 0 Å². The zero-order chi connectivity index (χ0) is 9.72. The van der Waals surface area contributed by atoms with E-state index in [-0.39, 0.29) is 8.04 Å². The number of halogens is 2. The van der Waals surface area contributed by atoms with E-state index in [1.165, 1.54) is 0 Å². The summed E-state index contributed by atoms with van der Waals surface area (Å²) in [4.78, 5) is 12.4. The fourth-order valence-electron chi connectivity index (χ4n) is 0.616. The Kier molecular flexibility index (Phi) is 6.55. The fraction of sp³-hybridized carbons (Fsp3) is 0.833. The van der Waals surface area contributed by atoms with Crippen LogP contribution in [0.4, 0.5) is 4.79 Å². The maximum Gasteiger partial charge on any atom is 0.405 e. The number of nitrogens with zero attached hydrogens (tertiary/aromatic N) is 1. The van der Waals surface area contributed by atoms with Crippen LogP contribution in [-0.4, -0.2) is 39.7 Å². The second-order valence-corrected chi connectivity index (χ2v) is 5.39. The largest absolute Gasteiger partial charge is 0.435 e. The van der Waals surface area contributed by atoms with Crippen molar-refractivity contribution in [1.82, 2.24) is 4.90 Å². The number of carbonyl (C=O) groups is 1. The van der Waals surface area contributed by atoms with Crippen molar-refractivity contribution >= 4 is 51.3 Å². The highest BCUT2D eigenvalue weighted by Crippen LogP contribution is 2.17. The molecule has 0 radical (unpaired) electrons. The van der Waals surface area contributed by atoms with E-state index in [1.54, 1.807) is 0 Å². The van der Waals surface area contributed by atoms with Crippen LogP contribution in [-0.2, 0) is 4.74 Å².